The van der Waals surface area contributed by atoms with Crippen LogP contribution >= 0.6 is 11.3 Å². The number of rotatable bonds is 6. The van der Waals surface area contributed by atoms with Gasteiger partial charge in [0.25, 0.3) is 0 Å². The molecule has 1 amide bonds. The lowest BCUT2D eigenvalue weighted by Crippen LogP contribution is -2.37. The van der Waals surface area contributed by atoms with Gasteiger partial charge in [-0.25, -0.2) is 18.4 Å². The summed E-state index contributed by atoms with van der Waals surface area (Å²) >= 11 is 1.35. The Kier molecular flexibility index (Phi) is 5.90. The fourth-order valence-corrected chi connectivity index (χ4v) is 4.90. The van der Waals surface area contributed by atoms with E-state index < -0.39 is 5.41 Å². The number of hydrogen-bond acceptors (Lipinski definition) is 4. The maximum absolute atomic E-state index is 13.7. The number of carbonyl (C=O) groups excluding carboxylic acids is 1. The minimum absolute atomic E-state index is 0.191. The number of halogens is 2. The van der Waals surface area contributed by atoms with Crippen molar-refractivity contribution in [1.29, 1.82) is 0 Å². The van der Waals surface area contributed by atoms with Crippen molar-refractivity contribution in [3.8, 4) is 5.69 Å². The Morgan fingerprint density at radius 3 is 2.29 bits per heavy atom. The van der Waals surface area contributed by atoms with Crippen molar-refractivity contribution in [2.45, 2.75) is 19.8 Å². The number of thiazole rings is 1. The molecule has 1 N–H and O–H groups in total. The van der Waals surface area contributed by atoms with E-state index in [0.717, 1.165) is 27.7 Å². The zero-order valence-corrected chi connectivity index (χ0v) is 19.9. The van der Waals surface area contributed by atoms with Crippen molar-refractivity contribution in [3.63, 3.8) is 0 Å². The molecule has 2 aromatic heterocycles. The Hall–Kier alpha value is -3.91. The third-order valence-corrected chi connectivity index (χ3v) is 6.85. The van der Waals surface area contributed by atoms with Crippen LogP contribution in [0.1, 0.15) is 30.9 Å². The number of anilines is 1. The summed E-state index contributed by atoms with van der Waals surface area (Å²) in [4.78, 5) is 17.6. The summed E-state index contributed by atoms with van der Waals surface area (Å²) < 4.78 is 28.9. The molecule has 0 spiro atoms. The molecule has 5 nitrogen and oxygen atoms in total. The van der Waals surface area contributed by atoms with Gasteiger partial charge in [-0.05, 0) is 59.7 Å². The van der Waals surface area contributed by atoms with E-state index in [1.807, 2.05) is 32.0 Å². The molecule has 2 heterocycles. The van der Waals surface area contributed by atoms with Crippen molar-refractivity contribution in [2.24, 2.45) is 5.41 Å². The molecule has 0 radical (unpaired) electrons. The lowest BCUT2D eigenvalue weighted by Gasteiger charge is -2.34. The van der Waals surface area contributed by atoms with Gasteiger partial charge in [0, 0.05) is 22.9 Å². The molecular formula is C27H22F2N4OS. The van der Waals surface area contributed by atoms with Crippen molar-refractivity contribution < 1.29 is 13.6 Å². The van der Waals surface area contributed by atoms with Gasteiger partial charge >= 0.3 is 0 Å². The average molecular weight is 489 g/mol. The molecule has 5 aromatic rings. The number of nitrogens with zero attached hydrogens (tertiary/aromatic N) is 3. The molecule has 176 valence electrons. The smallest absolute Gasteiger partial charge is 0.232 e. The van der Waals surface area contributed by atoms with Crippen LogP contribution in [0.3, 0.4) is 0 Å². The molecule has 1 unspecified atom stereocenters. The summed E-state index contributed by atoms with van der Waals surface area (Å²) in [6.07, 6.45) is 3.38. The molecule has 0 saturated carbocycles. The van der Waals surface area contributed by atoms with Gasteiger partial charge in [0.15, 0.2) is 5.13 Å². The number of carbonyl (C=O) groups is 1. The minimum atomic E-state index is -0.899. The summed E-state index contributed by atoms with van der Waals surface area (Å²) in [7, 11) is 0. The summed E-state index contributed by atoms with van der Waals surface area (Å²) in [5.74, 6) is -1.22. The van der Waals surface area contributed by atoms with Gasteiger partial charge in [-0.1, -0.05) is 32.0 Å². The number of nitrogens with one attached hydrogen (secondary N) is 1. The van der Waals surface area contributed by atoms with Crippen LogP contribution in [0.15, 0.2) is 84.5 Å². The maximum Gasteiger partial charge on any atom is 0.232 e. The van der Waals surface area contributed by atoms with Crippen molar-refractivity contribution in [1.82, 2.24) is 14.8 Å². The zero-order valence-electron chi connectivity index (χ0n) is 19.1. The topological polar surface area (TPSA) is 59.8 Å². The molecule has 0 fully saturated rings. The Morgan fingerprint density at radius 1 is 0.971 bits per heavy atom. The number of amides is 1. The molecule has 0 aliphatic rings. The molecule has 0 aliphatic carbocycles. The predicted octanol–water partition coefficient (Wildman–Crippen LogP) is 6.56. The molecular weight excluding hydrogens is 466 g/mol. The van der Waals surface area contributed by atoms with Gasteiger partial charge in [-0.3, -0.25) is 4.79 Å². The summed E-state index contributed by atoms with van der Waals surface area (Å²) in [5, 5.41) is 10.6. The van der Waals surface area contributed by atoms with E-state index in [9.17, 15) is 13.6 Å². The number of fused-ring (bicyclic) bond motifs is 1. The van der Waals surface area contributed by atoms with Crippen LogP contribution < -0.4 is 5.32 Å². The van der Waals surface area contributed by atoms with Gasteiger partial charge in [-0.15, -0.1) is 11.3 Å². The third kappa shape index (κ3) is 4.44. The van der Waals surface area contributed by atoms with E-state index >= 15 is 0 Å². The number of hydrogen-bond donors (Lipinski definition) is 1. The fourth-order valence-electron chi connectivity index (χ4n) is 4.37. The van der Waals surface area contributed by atoms with Crippen LogP contribution in [-0.4, -0.2) is 20.7 Å². The van der Waals surface area contributed by atoms with Gasteiger partial charge in [0.05, 0.1) is 22.8 Å². The highest BCUT2D eigenvalue weighted by molar-refractivity contribution is 7.13. The number of benzene rings is 3. The van der Waals surface area contributed by atoms with Crippen LogP contribution in [0.5, 0.6) is 0 Å². The Labute approximate surface area is 205 Å². The molecule has 3 aromatic carbocycles. The Morgan fingerprint density at radius 2 is 1.63 bits per heavy atom. The van der Waals surface area contributed by atoms with Crippen LogP contribution in [-0.2, 0) is 4.79 Å². The van der Waals surface area contributed by atoms with Crippen molar-refractivity contribution in [2.75, 3.05) is 5.32 Å². The molecule has 1 atom stereocenters. The summed E-state index contributed by atoms with van der Waals surface area (Å²) in [5.41, 5.74) is 2.40. The standard InChI is InChI=1S/C27H22F2N4OS/c1-27(2,25(34)32-26-30-13-14-35-26)24(17-3-6-20(28)7-4-17)18-5-12-23-19(15-18)16-31-33(23)22-10-8-21(29)9-11-22/h3-16,24H,1-2H3,(H,30,32,34). The molecule has 35 heavy (non-hydrogen) atoms. The van der Waals surface area contributed by atoms with Crippen molar-refractivity contribution >= 4 is 33.3 Å². The largest absolute Gasteiger partial charge is 0.301 e. The fraction of sp³-hybridized carbons (Fsp3) is 0.148. The minimum Gasteiger partial charge on any atom is -0.301 e. The van der Waals surface area contributed by atoms with Gasteiger partial charge < -0.3 is 5.32 Å². The van der Waals surface area contributed by atoms with E-state index in [1.165, 1.54) is 35.6 Å². The van der Waals surface area contributed by atoms with E-state index in [1.54, 1.807) is 46.7 Å². The van der Waals surface area contributed by atoms with Crippen LogP contribution in [0.25, 0.3) is 16.6 Å². The normalized spacial score (nSPS) is 12.6. The predicted molar refractivity (Wildman–Crippen MR) is 134 cm³/mol. The van der Waals surface area contributed by atoms with Crippen LogP contribution in [0.4, 0.5) is 13.9 Å². The van der Waals surface area contributed by atoms with E-state index in [-0.39, 0.29) is 23.5 Å². The summed E-state index contributed by atoms with van der Waals surface area (Å²) in [6.45, 7) is 3.74. The van der Waals surface area contributed by atoms with Gasteiger partial charge in [0.2, 0.25) is 5.91 Å². The first-order valence-electron chi connectivity index (χ1n) is 11.0. The highest BCUT2D eigenvalue weighted by Crippen LogP contribution is 2.43. The molecule has 8 heteroatoms. The average Bonchev–Trinajstić information content (AvgIpc) is 3.51. The van der Waals surface area contributed by atoms with E-state index in [2.05, 4.69) is 15.4 Å². The molecule has 5 rings (SSSR count). The number of aromatic nitrogens is 3. The lowest BCUT2D eigenvalue weighted by atomic mass is 9.70. The van der Waals surface area contributed by atoms with E-state index in [0.29, 0.717) is 5.13 Å². The van der Waals surface area contributed by atoms with Gasteiger partial charge in [-0.2, -0.15) is 5.10 Å². The highest BCUT2D eigenvalue weighted by Gasteiger charge is 2.39. The third-order valence-electron chi connectivity index (χ3n) is 6.16. The second kappa shape index (κ2) is 9.03. The van der Waals surface area contributed by atoms with Crippen molar-refractivity contribution in [3.05, 3.63) is 107 Å². The summed E-state index contributed by atoms with van der Waals surface area (Å²) in [6, 6.07) is 18.3. The molecule has 0 aliphatic heterocycles. The zero-order chi connectivity index (χ0) is 24.6. The monoisotopic (exact) mass is 488 g/mol. The van der Waals surface area contributed by atoms with Crippen LogP contribution in [0, 0.1) is 17.0 Å². The Balaban J connectivity index is 1.58. The highest BCUT2D eigenvalue weighted by atomic mass is 32.1. The van der Waals surface area contributed by atoms with Crippen LogP contribution in [0.2, 0.25) is 0 Å². The van der Waals surface area contributed by atoms with E-state index in [4.69, 9.17) is 0 Å². The molecule has 0 bridgehead atoms. The second-order valence-corrected chi connectivity index (χ2v) is 9.74. The maximum atomic E-state index is 13.7. The first-order chi connectivity index (χ1) is 16.8. The quantitative estimate of drug-likeness (QED) is 0.295. The van der Waals surface area contributed by atoms with Gasteiger partial charge in [0.1, 0.15) is 11.6 Å². The second-order valence-electron chi connectivity index (χ2n) is 8.85. The lowest BCUT2D eigenvalue weighted by molar-refractivity contribution is -0.124. The molecule has 0 saturated heterocycles. The first-order valence-corrected chi connectivity index (χ1v) is 11.9. The SMILES string of the molecule is CC(C)(C(=O)Nc1nccs1)C(c1ccc(F)cc1)c1ccc2c(cnn2-c2ccc(F)cc2)c1. The Bertz CT molecular complexity index is 1480. The first kappa shape index (κ1) is 22.9.